The van der Waals surface area contributed by atoms with Crippen LogP contribution < -0.4 is 9.80 Å². The van der Waals surface area contributed by atoms with E-state index in [-0.39, 0.29) is 11.8 Å². The first-order valence-corrected chi connectivity index (χ1v) is 10.3. The van der Waals surface area contributed by atoms with Crippen molar-refractivity contribution in [1.29, 1.82) is 0 Å². The standard InChI is InChI=1S/C24H22N6O/c31-24(29(21-10-5-2-6-11-21)15-19-8-3-1-4-9-19)20-16-28(17-20)22-14-23(26-18-25-22)30-13-7-12-27-30/h1-14,18,20H,15-17H2. The van der Waals surface area contributed by atoms with Crippen molar-refractivity contribution in [3.05, 3.63) is 97.1 Å². The highest BCUT2D eigenvalue weighted by Crippen LogP contribution is 2.28. The van der Waals surface area contributed by atoms with Crippen molar-refractivity contribution < 1.29 is 4.79 Å². The smallest absolute Gasteiger partial charge is 0.233 e. The molecule has 1 fully saturated rings. The Morgan fingerprint density at radius 3 is 2.35 bits per heavy atom. The summed E-state index contributed by atoms with van der Waals surface area (Å²) >= 11 is 0. The average molecular weight is 410 g/mol. The summed E-state index contributed by atoms with van der Waals surface area (Å²) in [6.45, 7) is 1.82. The maximum Gasteiger partial charge on any atom is 0.233 e. The van der Waals surface area contributed by atoms with Crippen LogP contribution in [0.5, 0.6) is 0 Å². The van der Waals surface area contributed by atoms with Crippen LogP contribution in [0.2, 0.25) is 0 Å². The Bertz CT molecular complexity index is 1140. The molecule has 1 saturated heterocycles. The molecule has 0 aliphatic carbocycles. The lowest BCUT2D eigenvalue weighted by Crippen LogP contribution is -2.55. The predicted molar refractivity (Wildman–Crippen MR) is 119 cm³/mol. The number of hydrogen-bond acceptors (Lipinski definition) is 5. The van der Waals surface area contributed by atoms with Gasteiger partial charge in [-0.25, -0.2) is 14.6 Å². The van der Waals surface area contributed by atoms with Crippen molar-refractivity contribution in [3.8, 4) is 5.82 Å². The minimum Gasteiger partial charge on any atom is -0.355 e. The van der Waals surface area contributed by atoms with E-state index in [1.165, 1.54) is 6.33 Å². The molecular formula is C24H22N6O. The van der Waals surface area contributed by atoms with Crippen LogP contribution >= 0.6 is 0 Å². The van der Waals surface area contributed by atoms with Gasteiger partial charge in [-0.1, -0.05) is 48.5 Å². The Kier molecular flexibility index (Phi) is 5.14. The summed E-state index contributed by atoms with van der Waals surface area (Å²) < 4.78 is 1.70. The van der Waals surface area contributed by atoms with Crippen LogP contribution in [0.3, 0.4) is 0 Å². The fourth-order valence-corrected chi connectivity index (χ4v) is 3.75. The molecule has 0 radical (unpaired) electrons. The van der Waals surface area contributed by atoms with Crippen LogP contribution in [0.15, 0.2) is 91.5 Å². The van der Waals surface area contributed by atoms with Crippen molar-refractivity contribution in [3.63, 3.8) is 0 Å². The topological polar surface area (TPSA) is 67.2 Å². The van der Waals surface area contributed by atoms with E-state index in [1.54, 1.807) is 10.9 Å². The van der Waals surface area contributed by atoms with E-state index in [1.807, 2.05) is 83.9 Å². The minimum absolute atomic E-state index is 0.0768. The lowest BCUT2D eigenvalue weighted by Gasteiger charge is -2.41. The van der Waals surface area contributed by atoms with E-state index < -0.39 is 0 Å². The number of carbonyl (C=O) groups is 1. The molecule has 0 saturated carbocycles. The fourth-order valence-electron chi connectivity index (χ4n) is 3.75. The summed E-state index contributed by atoms with van der Waals surface area (Å²) in [6, 6.07) is 23.7. The summed E-state index contributed by atoms with van der Waals surface area (Å²) in [6.07, 6.45) is 5.09. The zero-order valence-corrected chi connectivity index (χ0v) is 17.0. The van der Waals surface area contributed by atoms with Gasteiger partial charge in [-0.3, -0.25) is 4.79 Å². The number of carbonyl (C=O) groups excluding carboxylic acids is 1. The number of anilines is 2. The molecule has 0 atom stereocenters. The first-order valence-electron chi connectivity index (χ1n) is 10.3. The summed E-state index contributed by atoms with van der Waals surface area (Å²) in [4.78, 5) is 26.1. The van der Waals surface area contributed by atoms with Gasteiger partial charge in [-0.15, -0.1) is 0 Å². The van der Waals surface area contributed by atoms with Crippen molar-refractivity contribution in [2.45, 2.75) is 6.54 Å². The number of benzene rings is 2. The van der Waals surface area contributed by atoms with Gasteiger partial charge >= 0.3 is 0 Å². The molecule has 0 N–H and O–H groups in total. The highest BCUT2D eigenvalue weighted by Gasteiger charge is 2.36. The van der Waals surface area contributed by atoms with Gasteiger partial charge in [0.05, 0.1) is 12.5 Å². The van der Waals surface area contributed by atoms with Crippen molar-refractivity contribution in [2.75, 3.05) is 22.9 Å². The first kappa shape index (κ1) is 19.0. The van der Waals surface area contributed by atoms with Gasteiger partial charge in [0.2, 0.25) is 5.91 Å². The lowest BCUT2D eigenvalue weighted by molar-refractivity contribution is -0.123. The van der Waals surface area contributed by atoms with Gasteiger partial charge in [0.25, 0.3) is 0 Å². The van der Waals surface area contributed by atoms with Crippen LogP contribution in [-0.2, 0) is 11.3 Å². The summed E-state index contributed by atoms with van der Waals surface area (Å²) in [5.41, 5.74) is 2.02. The van der Waals surface area contributed by atoms with E-state index in [4.69, 9.17) is 0 Å². The Morgan fingerprint density at radius 1 is 0.935 bits per heavy atom. The third-order valence-electron chi connectivity index (χ3n) is 5.45. The van der Waals surface area contributed by atoms with E-state index in [9.17, 15) is 4.79 Å². The zero-order valence-electron chi connectivity index (χ0n) is 17.0. The number of para-hydroxylation sites is 1. The second kappa shape index (κ2) is 8.39. The summed E-state index contributed by atoms with van der Waals surface area (Å²) in [5, 5.41) is 4.22. The molecule has 1 aliphatic rings. The molecule has 4 aromatic rings. The van der Waals surface area contributed by atoms with Gasteiger partial charge < -0.3 is 9.80 Å². The summed E-state index contributed by atoms with van der Waals surface area (Å²) in [7, 11) is 0. The van der Waals surface area contributed by atoms with Crippen LogP contribution in [0.25, 0.3) is 5.82 Å². The molecular weight excluding hydrogens is 388 g/mol. The molecule has 154 valence electrons. The van der Waals surface area contributed by atoms with Gasteiger partial charge in [0, 0.05) is 37.2 Å². The molecule has 31 heavy (non-hydrogen) atoms. The normalized spacial score (nSPS) is 13.6. The summed E-state index contributed by atoms with van der Waals surface area (Å²) in [5.74, 6) is 1.57. The van der Waals surface area contributed by atoms with Gasteiger partial charge in [0.1, 0.15) is 12.1 Å². The highest BCUT2D eigenvalue weighted by molar-refractivity contribution is 5.96. The largest absolute Gasteiger partial charge is 0.355 e. The average Bonchev–Trinajstić information content (AvgIpc) is 3.33. The number of hydrogen-bond donors (Lipinski definition) is 0. The van der Waals surface area contributed by atoms with Crippen LogP contribution in [0.1, 0.15) is 5.56 Å². The predicted octanol–water partition coefficient (Wildman–Crippen LogP) is 3.33. The number of rotatable bonds is 6. The monoisotopic (exact) mass is 410 g/mol. The van der Waals surface area contributed by atoms with Crippen molar-refractivity contribution in [1.82, 2.24) is 19.7 Å². The molecule has 1 aliphatic heterocycles. The molecule has 7 nitrogen and oxygen atoms in total. The lowest BCUT2D eigenvalue weighted by atomic mass is 9.97. The van der Waals surface area contributed by atoms with E-state index in [0.717, 1.165) is 17.1 Å². The van der Waals surface area contributed by atoms with E-state index in [0.29, 0.717) is 25.5 Å². The number of amides is 1. The molecule has 3 heterocycles. The minimum atomic E-state index is -0.0768. The molecule has 0 spiro atoms. The molecule has 5 rings (SSSR count). The molecule has 0 unspecified atom stereocenters. The molecule has 1 amide bonds. The maximum atomic E-state index is 13.4. The Hall–Kier alpha value is -4.00. The molecule has 0 bridgehead atoms. The maximum absolute atomic E-state index is 13.4. The quantitative estimate of drug-likeness (QED) is 0.488. The van der Waals surface area contributed by atoms with Crippen molar-refractivity contribution in [2.24, 2.45) is 5.92 Å². The van der Waals surface area contributed by atoms with Crippen LogP contribution in [0, 0.1) is 5.92 Å². The van der Waals surface area contributed by atoms with Gasteiger partial charge in [0.15, 0.2) is 5.82 Å². The second-order valence-electron chi connectivity index (χ2n) is 7.53. The Labute approximate surface area is 180 Å². The number of aromatic nitrogens is 4. The molecule has 7 heteroatoms. The second-order valence-corrected chi connectivity index (χ2v) is 7.53. The van der Waals surface area contributed by atoms with Gasteiger partial charge in [-0.2, -0.15) is 5.10 Å². The Balaban J connectivity index is 1.31. The Morgan fingerprint density at radius 2 is 1.65 bits per heavy atom. The number of nitrogens with zero attached hydrogens (tertiary/aromatic N) is 6. The third kappa shape index (κ3) is 4.02. The van der Waals surface area contributed by atoms with Crippen LogP contribution in [0.4, 0.5) is 11.5 Å². The third-order valence-corrected chi connectivity index (χ3v) is 5.45. The van der Waals surface area contributed by atoms with Crippen molar-refractivity contribution >= 4 is 17.4 Å². The fraction of sp³-hybridized carbons (Fsp3) is 0.167. The van der Waals surface area contributed by atoms with Crippen LogP contribution in [-0.4, -0.2) is 38.7 Å². The molecule has 2 aromatic heterocycles. The zero-order chi connectivity index (χ0) is 21.0. The van der Waals surface area contributed by atoms with E-state index in [2.05, 4.69) is 20.0 Å². The van der Waals surface area contributed by atoms with Gasteiger partial charge in [-0.05, 0) is 23.8 Å². The highest BCUT2D eigenvalue weighted by atomic mass is 16.2. The SMILES string of the molecule is O=C(C1CN(c2cc(-n3cccn3)ncn2)C1)N(Cc1ccccc1)c1ccccc1. The molecule has 2 aromatic carbocycles. The van der Waals surface area contributed by atoms with E-state index >= 15 is 0 Å². The first-order chi connectivity index (χ1) is 15.3.